The fraction of sp³-hybridized carbons (Fsp3) is 0.375. The van der Waals surface area contributed by atoms with Gasteiger partial charge in [-0.25, -0.2) is 0 Å². The number of methoxy groups -OCH3 is 1. The van der Waals surface area contributed by atoms with Gasteiger partial charge in [-0.1, -0.05) is 106 Å². The van der Waals surface area contributed by atoms with Gasteiger partial charge in [0.05, 0.1) is 26.4 Å². The van der Waals surface area contributed by atoms with Gasteiger partial charge >= 0.3 is 0 Å². The summed E-state index contributed by atoms with van der Waals surface area (Å²) in [4.78, 5) is 0. The zero-order valence-electron chi connectivity index (χ0n) is 23.4. The van der Waals surface area contributed by atoms with Crippen LogP contribution >= 0.6 is 0 Å². The Balaban J connectivity index is 1.74. The Bertz CT molecular complexity index is 1070. The Labute approximate surface area is 229 Å². The Kier molecular flexibility index (Phi) is 10.9. The number of aliphatic hydroxyl groups excluding tert-OH is 1. The van der Waals surface area contributed by atoms with Gasteiger partial charge in [0.1, 0.15) is 12.5 Å². The highest BCUT2D eigenvalue weighted by molar-refractivity contribution is 6.99. The molecule has 3 aromatic carbocycles. The lowest BCUT2D eigenvalue weighted by atomic mass is 9.99. The largest absolute Gasteiger partial charge is 0.497 e. The zero-order valence-corrected chi connectivity index (χ0v) is 24.4. The predicted molar refractivity (Wildman–Crippen MR) is 156 cm³/mol. The minimum atomic E-state index is -2.74. The summed E-state index contributed by atoms with van der Waals surface area (Å²) in [6, 6.07) is 28.7. The third kappa shape index (κ3) is 7.43. The molecule has 3 aromatic rings. The quantitative estimate of drug-likeness (QED) is 0.131. The van der Waals surface area contributed by atoms with Gasteiger partial charge < -0.3 is 23.7 Å². The molecule has 0 amide bonds. The number of hydrogen-bond acceptors (Lipinski definition) is 5. The first-order valence-corrected chi connectivity index (χ1v) is 15.0. The lowest BCUT2D eigenvalue weighted by molar-refractivity contribution is -0.0858. The molecular weight excluding hydrogens is 492 g/mol. The van der Waals surface area contributed by atoms with Crippen molar-refractivity contribution in [2.24, 2.45) is 5.92 Å². The summed E-state index contributed by atoms with van der Waals surface area (Å²) >= 11 is 0. The normalized spacial score (nSPS) is 13.6. The molecule has 0 aromatic heterocycles. The summed E-state index contributed by atoms with van der Waals surface area (Å²) < 4.78 is 23.9. The van der Waals surface area contributed by atoms with Crippen molar-refractivity contribution in [3.05, 3.63) is 103 Å². The van der Waals surface area contributed by atoms with Crippen molar-refractivity contribution in [2.45, 2.75) is 45.4 Å². The first kappa shape index (κ1) is 29.8. The molecule has 0 heterocycles. The molecule has 0 aliphatic rings. The van der Waals surface area contributed by atoms with Gasteiger partial charge in [-0.3, -0.25) is 0 Å². The molecule has 0 saturated heterocycles. The summed E-state index contributed by atoms with van der Waals surface area (Å²) in [5.41, 5.74) is 1.71. The second-order valence-electron chi connectivity index (χ2n) is 10.7. The van der Waals surface area contributed by atoms with Crippen LogP contribution in [0.5, 0.6) is 5.75 Å². The molecule has 38 heavy (non-hydrogen) atoms. The van der Waals surface area contributed by atoms with E-state index in [9.17, 15) is 5.11 Å². The topological polar surface area (TPSA) is 57.2 Å². The average Bonchev–Trinajstić information content (AvgIpc) is 2.92. The van der Waals surface area contributed by atoms with E-state index >= 15 is 0 Å². The maximum absolute atomic E-state index is 11.0. The number of ether oxygens (including phenoxy) is 3. The van der Waals surface area contributed by atoms with E-state index in [-0.39, 0.29) is 24.4 Å². The third-order valence-corrected chi connectivity index (χ3v) is 11.8. The van der Waals surface area contributed by atoms with E-state index in [0.29, 0.717) is 18.8 Å². The molecular formula is C32H42O5Si. The highest BCUT2D eigenvalue weighted by atomic mass is 28.4. The molecule has 6 heteroatoms. The smallest absolute Gasteiger partial charge is 0.261 e. The van der Waals surface area contributed by atoms with Crippen LogP contribution in [0.15, 0.2) is 97.1 Å². The minimum Gasteiger partial charge on any atom is -0.497 e. The Morgan fingerprint density at radius 2 is 1.39 bits per heavy atom. The molecule has 0 aliphatic heterocycles. The van der Waals surface area contributed by atoms with Crippen LogP contribution in [0.25, 0.3) is 0 Å². The third-order valence-electron chi connectivity index (χ3n) is 6.81. The molecule has 0 spiro atoms. The van der Waals surface area contributed by atoms with E-state index in [1.165, 1.54) is 10.4 Å². The summed E-state index contributed by atoms with van der Waals surface area (Å²) in [6.07, 6.45) is -0.755. The van der Waals surface area contributed by atoms with Crippen molar-refractivity contribution >= 4 is 18.7 Å². The fourth-order valence-electron chi connectivity index (χ4n) is 4.77. The summed E-state index contributed by atoms with van der Waals surface area (Å²) in [5.74, 6) is 0.515. The van der Waals surface area contributed by atoms with Gasteiger partial charge in [-0.2, -0.15) is 0 Å². The first-order valence-electron chi connectivity index (χ1n) is 13.1. The maximum atomic E-state index is 11.0. The molecule has 0 radical (unpaired) electrons. The molecule has 204 valence electrons. The monoisotopic (exact) mass is 534 g/mol. The minimum absolute atomic E-state index is 0.116. The number of benzene rings is 3. The van der Waals surface area contributed by atoms with Crippen molar-refractivity contribution in [3.8, 4) is 5.75 Å². The molecule has 5 nitrogen and oxygen atoms in total. The van der Waals surface area contributed by atoms with E-state index in [0.717, 1.165) is 11.3 Å². The highest BCUT2D eigenvalue weighted by Gasteiger charge is 2.50. The van der Waals surface area contributed by atoms with E-state index in [2.05, 4.69) is 75.9 Å². The van der Waals surface area contributed by atoms with Gasteiger partial charge in [0, 0.05) is 12.5 Å². The van der Waals surface area contributed by atoms with Crippen LogP contribution in [-0.4, -0.2) is 46.6 Å². The van der Waals surface area contributed by atoms with Gasteiger partial charge in [0.2, 0.25) is 0 Å². The molecule has 0 saturated carbocycles. The number of hydrogen-bond donors (Lipinski definition) is 1. The van der Waals surface area contributed by atoms with Crippen LogP contribution in [0.1, 0.15) is 33.3 Å². The van der Waals surface area contributed by atoms with Gasteiger partial charge in [-0.05, 0) is 40.0 Å². The molecule has 3 rings (SSSR count). The van der Waals surface area contributed by atoms with E-state index in [1.54, 1.807) is 7.11 Å². The van der Waals surface area contributed by atoms with Crippen LogP contribution in [-0.2, 0) is 20.5 Å². The fourth-order valence-corrected chi connectivity index (χ4v) is 9.39. The summed E-state index contributed by atoms with van der Waals surface area (Å²) in [6.45, 7) is 13.7. The van der Waals surface area contributed by atoms with E-state index in [1.807, 2.05) is 43.3 Å². The Morgan fingerprint density at radius 1 is 0.842 bits per heavy atom. The Hall–Kier alpha value is -2.74. The standard InChI is InChI=1S/C32H42O5Si/c1-25(2)31(33)27(22-36-24-35-21-26-17-19-28(34-6)20-18-26)23-37-38(32(3,4)5,29-13-9-7-10-14-29)30-15-11-8-12-16-30/h7-20,27,31,33H,1,21-24H2,2-6H3/t27-,31-/m1/s1. The highest BCUT2D eigenvalue weighted by Crippen LogP contribution is 2.37. The van der Waals surface area contributed by atoms with Crippen molar-refractivity contribution in [1.29, 1.82) is 0 Å². The van der Waals surface area contributed by atoms with Crippen LogP contribution in [0.4, 0.5) is 0 Å². The predicted octanol–water partition coefficient (Wildman–Crippen LogP) is 5.32. The van der Waals surface area contributed by atoms with Crippen molar-refractivity contribution in [2.75, 3.05) is 27.1 Å². The van der Waals surface area contributed by atoms with Crippen LogP contribution < -0.4 is 15.1 Å². The second kappa shape index (κ2) is 13.9. The van der Waals surface area contributed by atoms with E-state index in [4.69, 9.17) is 18.6 Å². The van der Waals surface area contributed by atoms with Gasteiger partial charge in [0.15, 0.2) is 0 Å². The molecule has 0 fully saturated rings. The molecule has 0 bridgehead atoms. The van der Waals surface area contributed by atoms with Crippen molar-refractivity contribution in [3.63, 3.8) is 0 Å². The number of aliphatic hydroxyl groups is 1. The van der Waals surface area contributed by atoms with Crippen LogP contribution in [0.2, 0.25) is 5.04 Å². The summed E-state index contributed by atoms with van der Waals surface area (Å²) in [5, 5.41) is 13.3. The molecule has 2 atom stereocenters. The molecule has 0 unspecified atom stereocenters. The van der Waals surface area contributed by atoms with Crippen molar-refractivity contribution in [1.82, 2.24) is 0 Å². The van der Waals surface area contributed by atoms with Crippen LogP contribution in [0, 0.1) is 5.92 Å². The molecule has 0 aliphatic carbocycles. The zero-order chi connectivity index (χ0) is 27.6. The van der Waals surface area contributed by atoms with E-state index < -0.39 is 14.4 Å². The molecule has 1 N–H and O–H groups in total. The van der Waals surface area contributed by atoms with Gasteiger partial charge in [0.25, 0.3) is 8.32 Å². The maximum Gasteiger partial charge on any atom is 0.261 e. The second-order valence-corrected chi connectivity index (χ2v) is 15.0. The van der Waals surface area contributed by atoms with Gasteiger partial charge in [-0.15, -0.1) is 0 Å². The Morgan fingerprint density at radius 3 is 1.87 bits per heavy atom. The number of rotatable bonds is 14. The average molecular weight is 535 g/mol. The van der Waals surface area contributed by atoms with Crippen molar-refractivity contribution < 1.29 is 23.7 Å². The van der Waals surface area contributed by atoms with Crippen LogP contribution in [0.3, 0.4) is 0 Å². The first-order chi connectivity index (χ1) is 18.2. The summed E-state index contributed by atoms with van der Waals surface area (Å²) in [7, 11) is -1.09. The lowest BCUT2D eigenvalue weighted by Crippen LogP contribution is -2.67. The SMILES string of the molecule is C=C(C)[C@@H](O)[C@H](COCOCc1ccc(OC)cc1)CO[Si](c1ccccc1)(c1ccccc1)C(C)(C)C. The lowest BCUT2D eigenvalue weighted by Gasteiger charge is -2.44.